The minimum absolute atomic E-state index is 0.0790. The van der Waals surface area contributed by atoms with E-state index < -0.39 is 24.3 Å². The first kappa shape index (κ1) is 21.3. The second-order valence-electron chi connectivity index (χ2n) is 9.90. The van der Waals surface area contributed by atoms with Gasteiger partial charge in [0.15, 0.2) is 5.82 Å². The van der Waals surface area contributed by atoms with E-state index in [2.05, 4.69) is 30.8 Å². The van der Waals surface area contributed by atoms with Gasteiger partial charge >= 0.3 is 6.09 Å². The largest absolute Gasteiger partial charge is 0.443 e. The summed E-state index contributed by atoms with van der Waals surface area (Å²) in [5, 5.41) is 13.4. The number of hydrogen-bond donors (Lipinski definition) is 3. The number of carbonyl (C=O) groups excluding carboxylic acids is 1. The van der Waals surface area contributed by atoms with Crippen molar-refractivity contribution >= 4 is 23.5 Å². The van der Waals surface area contributed by atoms with Crippen LogP contribution in [0.5, 0.6) is 0 Å². The Labute approximate surface area is 195 Å². The van der Waals surface area contributed by atoms with Gasteiger partial charge in [0.2, 0.25) is 5.95 Å². The molecule has 4 aliphatic rings. The van der Waals surface area contributed by atoms with Crippen LogP contribution < -0.4 is 10.6 Å². The van der Waals surface area contributed by atoms with Gasteiger partial charge in [0, 0.05) is 48.3 Å². The molecular weight excluding hydrogens is 441 g/mol. The highest BCUT2D eigenvalue weighted by Gasteiger charge is 2.58. The summed E-state index contributed by atoms with van der Waals surface area (Å²) < 4.78 is 27.7. The number of rotatable bonds is 7. The van der Waals surface area contributed by atoms with Crippen molar-refractivity contribution in [1.82, 2.24) is 29.9 Å². The fraction of sp³-hybridized carbons (Fsp3) is 0.565. The van der Waals surface area contributed by atoms with Crippen molar-refractivity contribution in [1.29, 1.82) is 0 Å². The van der Waals surface area contributed by atoms with E-state index in [1.165, 1.54) is 0 Å². The first-order valence-corrected chi connectivity index (χ1v) is 11.7. The number of carbonyl (C=O) groups is 1. The number of nitrogens with one attached hydrogen (secondary N) is 3. The van der Waals surface area contributed by atoms with Crippen molar-refractivity contribution in [2.24, 2.45) is 5.92 Å². The van der Waals surface area contributed by atoms with Gasteiger partial charge in [-0.2, -0.15) is 5.10 Å². The van der Waals surface area contributed by atoms with E-state index in [0.717, 1.165) is 42.2 Å². The predicted molar refractivity (Wildman–Crippen MR) is 121 cm³/mol. The maximum atomic E-state index is 15.2. The Bertz CT molecular complexity index is 1220. The molecule has 0 radical (unpaired) electrons. The zero-order chi connectivity index (χ0) is 23.4. The molecule has 3 N–H and O–H groups in total. The number of alkyl carbamates (subject to hydrolysis) is 1. The number of aromatic amines is 1. The highest BCUT2D eigenvalue weighted by atomic mass is 19.1. The Morgan fingerprint density at radius 1 is 1.29 bits per heavy atom. The molecule has 3 heterocycles. The average Bonchev–Trinajstić information content (AvgIpc) is 3.44. The Hall–Kier alpha value is -3.21. The van der Waals surface area contributed by atoms with E-state index in [0.29, 0.717) is 36.9 Å². The molecule has 3 atom stereocenters. The van der Waals surface area contributed by atoms with Crippen molar-refractivity contribution in [3.63, 3.8) is 0 Å². The first-order valence-electron chi connectivity index (χ1n) is 11.7. The van der Waals surface area contributed by atoms with Crippen LogP contribution in [0.1, 0.15) is 55.1 Å². The molecule has 34 heavy (non-hydrogen) atoms. The number of nitrogens with zero attached hydrogens (tertiary/aromatic N) is 4. The molecule has 3 aromatic heterocycles. The summed E-state index contributed by atoms with van der Waals surface area (Å²) in [6, 6.07) is 3.67. The third kappa shape index (κ3) is 3.67. The molecule has 10 nitrogen and oxygen atoms in total. The maximum Gasteiger partial charge on any atom is 0.407 e. The number of hydrogen-bond acceptors (Lipinski definition) is 7. The highest BCUT2D eigenvalue weighted by molar-refractivity contribution is 5.69. The monoisotopic (exact) mass is 469 g/mol. The molecule has 11 heteroatoms. The van der Waals surface area contributed by atoms with Gasteiger partial charge in [-0.05, 0) is 44.9 Å². The summed E-state index contributed by atoms with van der Waals surface area (Å²) in [7, 11) is 1.62. The Morgan fingerprint density at radius 2 is 2.12 bits per heavy atom. The lowest BCUT2D eigenvalue weighted by Crippen LogP contribution is -2.68. The minimum atomic E-state index is -1.29. The topological polar surface area (TPSA) is 118 Å². The first-order chi connectivity index (χ1) is 16.4. The lowest BCUT2D eigenvalue weighted by Gasteiger charge is -2.61. The van der Waals surface area contributed by atoms with E-state index in [-0.39, 0.29) is 5.54 Å². The van der Waals surface area contributed by atoms with Crippen molar-refractivity contribution in [3.8, 4) is 0 Å². The minimum Gasteiger partial charge on any atom is -0.443 e. The number of imidazole rings is 1. The van der Waals surface area contributed by atoms with Crippen LogP contribution in [0.25, 0.3) is 5.65 Å². The number of aromatic nitrogens is 5. The van der Waals surface area contributed by atoms with Gasteiger partial charge in [0.25, 0.3) is 0 Å². The van der Waals surface area contributed by atoms with Gasteiger partial charge in [0.05, 0.1) is 12.3 Å². The number of ether oxygens (including phenoxy) is 2. The SMILES string of the molecule is COCc1cn2c(Nc3cc([C@H]4CC[C@@H](OC(=O)NC56CC(C5)C6)[C@@H]4F)[nH]n3)nc(C)cc2n1. The van der Waals surface area contributed by atoms with E-state index in [4.69, 9.17) is 9.47 Å². The van der Waals surface area contributed by atoms with Gasteiger partial charge in [-0.1, -0.05) is 0 Å². The van der Waals surface area contributed by atoms with Gasteiger partial charge in [-0.25, -0.2) is 19.2 Å². The van der Waals surface area contributed by atoms with Crippen molar-refractivity contribution in [2.45, 2.75) is 69.4 Å². The molecule has 1 amide bonds. The van der Waals surface area contributed by atoms with E-state index in [9.17, 15) is 4.79 Å². The normalized spacial score (nSPS) is 29.5. The molecule has 180 valence electrons. The molecular formula is C23H28FN7O3. The fourth-order valence-electron chi connectivity index (χ4n) is 5.55. The molecule has 4 aliphatic carbocycles. The molecule has 7 rings (SSSR count). The molecule has 0 aliphatic heterocycles. The molecule has 0 saturated heterocycles. The number of halogens is 1. The molecule has 4 fully saturated rings. The summed E-state index contributed by atoms with van der Waals surface area (Å²) in [5.74, 6) is 1.41. The molecule has 0 aromatic carbocycles. The molecule has 0 spiro atoms. The summed E-state index contributed by atoms with van der Waals surface area (Å²) in [6.45, 7) is 2.29. The smallest absolute Gasteiger partial charge is 0.407 e. The van der Waals surface area contributed by atoms with Gasteiger partial charge in [-0.15, -0.1) is 0 Å². The zero-order valence-electron chi connectivity index (χ0n) is 19.2. The maximum absolute atomic E-state index is 15.2. The quantitative estimate of drug-likeness (QED) is 0.485. The second kappa shape index (κ2) is 7.93. The number of methoxy groups -OCH3 is 1. The summed E-state index contributed by atoms with van der Waals surface area (Å²) in [4.78, 5) is 21.4. The molecule has 4 saturated carbocycles. The van der Waals surface area contributed by atoms with Crippen LogP contribution in [-0.2, 0) is 16.1 Å². The number of H-pyrrole nitrogens is 1. The average molecular weight is 470 g/mol. The van der Waals surface area contributed by atoms with Gasteiger partial charge in [0.1, 0.15) is 17.9 Å². The fourth-order valence-corrected chi connectivity index (χ4v) is 5.55. The number of amides is 1. The molecule has 3 aromatic rings. The van der Waals surface area contributed by atoms with Crippen LogP contribution in [-0.4, -0.2) is 55.6 Å². The Balaban J connectivity index is 1.12. The van der Waals surface area contributed by atoms with Crippen LogP contribution in [0.4, 0.5) is 21.0 Å². The number of alkyl halides is 1. The Kier molecular flexibility index (Phi) is 4.98. The number of fused-ring (bicyclic) bond motifs is 1. The van der Waals surface area contributed by atoms with Crippen molar-refractivity contribution in [2.75, 3.05) is 12.4 Å². The summed E-state index contributed by atoms with van der Waals surface area (Å²) in [5.41, 5.74) is 2.92. The van der Waals surface area contributed by atoms with E-state index in [1.54, 1.807) is 13.2 Å². The number of aryl methyl sites for hydroxylation is 1. The highest BCUT2D eigenvalue weighted by Crippen LogP contribution is 2.57. The predicted octanol–water partition coefficient (Wildman–Crippen LogP) is 3.51. The van der Waals surface area contributed by atoms with Crippen LogP contribution in [0, 0.1) is 12.8 Å². The Morgan fingerprint density at radius 3 is 2.85 bits per heavy atom. The third-order valence-corrected chi connectivity index (χ3v) is 7.33. The van der Waals surface area contributed by atoms with E-state index >= 15 is 4.39 Å². The van der Waals surface area contributed by atoms with Crippen molar-refractivity contribution < 1.29 is 18.7 Å². The van der Waals surface area contributed by atoms with Gasteiger partial charge < -0.3 is 20.1 Å². The van der Waals surface area contributed by atoms with E-state index in [1.807, 2.05) is 23.6 Å². The van der Waals surface area contributed by atoms with Crippen LogP contribution in [0.15, 0.2) is 18.3 Å². The second-order valence-corrected chi connectivity index (χ2v) is 9.90. The van der Waals surface area contributed by atoms with Gasteiger partial charge in [-0.3, -0.25) is 9.50 Å². The van der Waals surface area contributed by atoms with Crippen molar-refractivity contribution in [3.05, 3.63) is 35.4 Å². The van der Waals surface area contributed by atoms with Crippen LogP contribution in [0.3, 0.4) is 0 Å². The summed E-state index contributed by atoms with van der Waals surface area (Å²) in [6.07, 6.45) is 3.43. The lowest BCUT2D eigenvalue weighted by molar-refractivity contribution is -0.0532. The molecule has 0 unspecified atom stereocenters. The lowest BCUT2D eigenvalue weighted by atomic mass is 9.50. The van der Waals surface area contributed by atoms with Crippen LogP contribution >= 0.6 is 0 Å². The summed E-state index contributed by atoms with van der Waals surface area (Å²) >= 11 is 0. The standard InChI is InChI=1S/C23H28FN7O3/c1-12-5-19-26-14(11-33-2)10-31(19)21(25-12)27-18-6-16(29-30-18)15-3-4-17(20(15)24)34-22(32)28-23-7-13(8-23)9-23/h5-6,10,13,15,17,20H,3-4,7-9,11H2,1-2H3,(H,28,32)(H2,25,27,29,30)/t13?,15-,17-,20-,23?/m1/s1. The van der Waals surface area contributed by atoms with Crippen LogP contribution in [0.2, 0.25) is 0 Å². The zero-order valence-corrected chi connectivity index (χ0v) is 19.2. The third-order valence-electron chi connectivity index (χ3n) is 7.33. The molecule has 2 bridgehead atoms. The number of anilines is 2.